The number of benzene rings is 1. The maximum absolute atomic E-state index is 12.2. The van der Waals surface area contributed by atoms with Crippen LogP contribution in [0.2, 0.25) is 5.02 Å². The van der Waals surface area contributed by atoms with E-state index in [2.05, 4.69) is 21.2 Å². The van der Waals surface area contributed by atoms with Crippen LogP contribution in [-0.4, -0.2) is 53.1 Å². The molecule has 23 heavy (non-hydrogen) atoms. The summed E-state index contributed by atoms with van der Waals surface area (Å²) in [6, 6.07) is 7.94. The van der Waals surface area contributed by atoms with E-state index in [-0.39, 0.29) is 5.91 Å². The zero-order chi connectivity index (χ0) is 16.4. The van der Waals surface area contributed by atoms with Crippen molar-refractivity contribution in [3.63, 3.8) is 0 Å². The van der Waals surface area contributed by atoms with Crippen molar-refractivity contribution in [2.45, 2.75) is 18.9 Å². The highest BCUT2D eigenvalue weighted by Crippen LogP contribution is 2.30. The normalized spacial score (nSPS) is 18.3. The number of nitrogens with one attached hydrogen (secondary N) is 1. The second kappa shape index (κ2) is 6.72. The van der Waals surface area contributed by atoms with Gasteiger partial charge in [-0.1, -0.05) is 29.8 Å². The number of amides is 1. The molecule has 1 aliphatic heterocycles. The minimum atomic E-state index is -0.00157. The first-order valence-electron chi connectivity index (χ1n) is 7.77. The number of aromatic amines is 1. The average molecular weight is 333 g/mol. The van der Waals surface area contributed by atoms with Gasteiger partial charge in [-0.15, -0.1) is 0 Å². The molecule has 1 N–H and O–H groups in total. The van der Waals surface area contributed by atoms with Crippen molar-refractivity contribution in [3.05, 3.63) is 52.3 Å². The summed E-state index contributed by atoms with van der Waals surface area (Å²) in [5.41, 5.74) is 2.77. The number of H-pyrrole nitrogens is 1. The van der Waals surface area contributed by atoms with Gasteiger partial charge in [-0.2, -0.15) is 5.10 Å². The molecule has 1 aliphatic rings. The molecule has 0 radical (unpaired) electrons. The van der Waals surface area contributed by atoms with Crippen LogP contribution in [0.4, 0.5) is 0 Å². The van der Waals surface area contributed by atoms with Crippen molar-refractivity contribution in [1.82, 2.24) is 20.0 Å². The highest BCUT2D eigenvalue weighted by atomic mass is 35.5. The number of nitrogens with zero attached hydrogens (tertiary/aromatic N) is 3. The van der Waals surface area contributed by atoms with Gasteiger partial charge < -0.3 is 4.90 Å². The van der Waals surface area contributed by atoms with E-state index in [0.29, 0.717) is 11.5 Å². The second-order valence-corrected chi connectivity index (χ2v) is 6.62. The number of carbonyl (C=O) groups is 1. The van der Waals surface area contributed by atoms with Gasteiger partial charge in [0.25, 0.3) is 5.91 Å². The van der Waals surface area contributed by atoms with Gasteiger partial charge in [0.05, 0.1) is 17.5 Å². The zero-order valence-electron chi connectivity index (χ0n) is 13.4. The molecule has 1 saturated heterocycles. The SMILES string of the molecule is CN(C)C(=O)c1cn[nH]c1[C@@H]1CCN(Cc2ccccc2Cl)C1. The van der Waals surface area contributed by atoms with Gasteiger partial charge in [-0.05, 0) is 24.6 Å². The summed E-state index contributed by atoms with van der Waals surface area (Å²) in [6.45, 7) is 2.73. The van der Waals surface area contributed by atoms with E-state index in [1.807, 2.05) is 18.2 Å². The van der Waals surface area contributed by atoms with Crippen molar-refractivity contribution in [2.75, 3.05) is 27.2 Å². The number of aromatic nitrogens is 2. The second-order valence-electron chi connectivity index (χ2n) is 6.21. The number of halogens is 1. The number of carbonyl (C=O) groups excluding carboxylic acids is 1. The summed E-state index contributed by atoms with van der Waals surface area (Å²) in [5, 5.41) is 7.92. The summed E-state index contributed by atoms with van der Waals surface area (Å²) >= 11 is 6.25. The zero-order valence-corrected chi connectivity index (χ0v) is 14.2. The molecule has 1 atom stereocenters. The predicted octanol–water partition coefficient (Wildman–Crippen LogP) is 2.75. The van der Waals surface area contributed by atoms with E-state index in [4.69, 9.17) is 11.6 Å². The van der Waals surface area contributed by atoms with Crippen molar-refractivity contribution in [2.24, 2.45) is 0 Å². The smallest absolute Gasteiger partial charge is 0.256 e. The topological polar surface area (TPSA) is 52.2 Å². The molecule has 5 nitrogen and oxygen atoms in total. The van der Waals surface area contributed by atoms with Crippen molar-refractivity contribution >= 4 is 17.5 Å². The fourth-order valence-electron chi connectivity index (χ4n) is 3.10. The van der Waals surface area contributed by atoms with Gasteiger partial charge in [0.15, 0.2) is 0 Å². The number of hydrogen-bond acceptors (Lipinski definition) is 3. The molecule has 0 bridgehead atoms. The first-order chi connectivity index (χ1) is 11.1. The van der Waals surface area contributed by atoms with Crippen LogP contribution < -0.4 is 0 Å². The van der Waals surface area contributed by atoms with E-state index in [1.54, 1.807) is 25.2 Å². The Balaban J connectivity index is 1.70. The summed E-state index contributed by atoms with van der Waals surface area (Å²) in [5.74, 6) is 0.303. The van der Waals surface area contributed by atoms with Crippen LogP contribution in [0.1, 0.15) is 34.0 Å². The molecule has 0 aliphatic carbocycles. The van der Waals surface area contributed by atoms with Gasteiger partial charge in [0.1, 0.15) is 0 Å². The van der Waals surface area contributed by atoms with Crippen LogP contribution in [0.5, 0.6) is 0 Å². The molecule has 2 heterocycles. The highest BCUT2D eigenvalue weighted by molar-refractivity contribution is 6.31. The lowest BCUT2D eigenvalue weighted by Crippen LogP contribution is -2.24. The number of likely N-dealkylation sites (tertiary alicyclic amines) is 1. The third-order valence-electron chi connectivity index (χ3n) is 4.34. The predicted molar refractivity (Wildman–Crippen MR) is 90.7 cm³/mol. The Morgan fingerprint density at radius 1 is 1.43 bits per heavy atom. The fraction of sp³-hybridized carbons (Fsp3) is 0.412. The lowest BCUT2D eigenvalue weighted by atomic mass is 10.0. The van der Waals surface area contributed by atoms with E-state index in [9.17, 15) is 4.79 Å². The summed E-state index contributed by atoms with van der Waals surface area (Å²) in [7, 11) is 3.52. The molecule has 122 valence electrons. The number of hydrogen-bond donors (Lipinski definition) is 1. The third kappa shape index (κ3) is 3.41. The quantitative estimate of drug-likeness (QED) is 0.936. The Kier molecular flexibility index (Phi) is 4.68. The average Bonchev–Trinajstić information content (AvgIpc) is 3.17. The van der Waals surface area contributed by atoms with Gasteiger partial charge in [-0.3, -0.25) is 14.8 Å². The van der Waals surface area contributed by atoms with Crippen molar-refractivity contribution in [3.8, 4) is 0 Å². The Bertz CT molecular complexity index is 697. The summed E-state index contributed by atoms with van der Waals surface area (Å²) < 4.78 is 0. The van der Waals surface area contributed by atoms with E-state index < -0.39 is 0 Å². The van der Waals surface area contributed by atoms with Crippen LogP contribution in [-0.2, 0) is 6.54 Å². The molecular weight excluding hydrogens is 312 g/mol. The lowest BCUT2D eigenvalue weighted by Gasteiger charge is -2.17. The first-order valence-corrected chi connectivity index (χ1v) is 8.14. The Morgan fingerprint density at radius 2 is 2.22 bits per heavy atom. The van der Waals surface area contributed by atoms with Crippen LogP contribution >= 0.6 is 11.6 Å². The van der Waals surface area contributed by atoms with Crippen LogP contribution in [0, 0.1) is 0 Å². The van der Waals surface area contributed by atoms with E-state index >= 15 is 0 Å². The molecule has 1 fully saturated rings. The monoisotopic (exact) mass is 332 g/mol. The number of rotatable bonds is 4. The van der Waals surface area contributed by atoms with Gasteiger partial charge in [-0.25, -0.2) is 0 Å². The molecule has 2 aromatic rings. The van der Waals surface area contributed by atoms with Crippen LogP contribution in [0.25, 0.3) is 0 Å². The van der Waals surface area contributed by atoms with Gasteiger partial charge >= 0.3 is 0 Å². The Labute approximate surface area is 141 Å². The first kappa shape index (κ1) is 16.0. The third-order valence-corrected chi connectivity index (χ3v) is 4.71. The molecule has 1 aromatic carbocycles. The molecule has 0 unspecified atom stereocenters. The molecule has 0 spiro atoms. The van der Waals surface area contributed by atoms with Crippen molar-refractivity contribution < 1.29 is 4.79 Å². The molecule has 1 aromatic heterocycles. The minimum Gasteiger partial charge on any atom is -0.345 e. The van der Waals surface area contributed by atoms with E-state index in [1.165, 1.54) is 0 Å². The molecule has 1 amide bonds. The molecule has 3 rings (SSSR count). The van der Waals surface area contributed by atoms with Gasteiger partial charge in [0, 0.05) is 38.1 Å². The Hall–Kier alpha value is -1.85. The molecule has 0 saturated carbocycles. The maximum atomic E-state index is 12.2. The maximum Gasteiger partial charge on any atom is 0.256 e. The van der Waals surface area contributed by atoms with E-state index in [0.717, 1.165) is 42.3 Å². The van der Waals surface area contributed by atoms with Crippen LogP contribution in [0.15, 0.2) is 30.5 Å². The van der Waals surface area contributed by atoms with Crippen molar-refractivity contribution in [1.29, 1.82) is 0 Å². The Morgan fingerprint density at radius 3 is 2.96 bits per heavy atom. The summed E-state index contributed by atoms with van der Waals surface area (Å²) in [4.78, 5) is 16.2. The molecular formula is C17H21ClN4O. The highest BCUT2D eigenvalue weighted by Gasteiger charge is 2.29. The van der Waals surface area contributed by atoms with Gasteiger partial charge in [0.2, 0.25) is 0 Å². The lowest BCUT2D eigenvalue weighted by molar-refractivity contribution is 0.0826. The standard InChI is InChI=1S/C17H21ClN4O/c1-21(2)17(23)14-9-19-20-16(14)13-7-8-22(11-13)10-12-5-3-4-6-15(12)18/h3-6,9,13H,7-8,10-11H2,1-2H3,(H,19,20)/t13-/m1/s1. The minimum absolute atomic E-state index is 0.00157. The summed E-state index contributed by atoms with van der Waals surface area (Å²) in [6.07, 6.45) is 2.65. The fourth-order valence-corrected chi connectivity index (χ4v) is 3.29. The van der Waals surface area contributed by atoms with Crippen LogP contribution in [0.3, 0.4) is 0 Å². The largest absolute Gasteiger partial charge is 0.345 e. The molecule has 6 heteroatoms.